The number of fused-ring (bicyclic) bond motifs is 1. The van der Waals surface area contributed by atoms with E-state index in [2.05, 4.69) is 4.98 Å². The lowest BCUT2D eigenvalue weighted by Crippen LogP contribution is -2.28. The lowest BCUT2D eigenvalue weighted by molar-refractivity contribution is 0.0732. The average Bonchev–Trinajstić information content (AvgIpc) is 2.96. The van der Waals surface area contributed by atoms with E-state index in [0.29, 0.717) is 21.9 Å². The van der Waals surface area contributed by atoms with Crippen LogP contribution in [0.15, 0.2) is 48.5 Å². The fraction of sp³-hybridized carbons (Fsp3) is 0.143. The molecule has 2 heterocycles. The summed E-state index contributed by atoms with van der Waals surface area (Å²) in [7, 11) is 1.58. The van der Waals surface area contributed by atoms with Crippen molar-refractivity contribution < 1.29 is 13.9 Å². The van der Waals surface area contributed by atoms with Gasteiger partial charge < -0.3 is 15.4 Å². The van der Waals surface area contributed by atoms with E-state index in [1.54, 1.807) is 24.1 Å². The molecule has 0 saturated carbocycles. The van der Waals surface area contributed by atoms with E-state index in [4.69, 9.17) is 33.7 Å². The molecular formula is C21H16Cl2FN3O2. The predicted octanol–water partition coefficient (Wildman–Crippen LogP) is 4.86. The van der Waals surface area contributed by atoms with Crippen LogP contribution < -0.4 is 10.5 Å². The quantitative estimate of drug-likeness (QED) is 0.639. The molecule has 2 N–H and O–H groups in total. The van der Waals surface area contributed by atoms with Gasteiger partial charge in [-0.25, -0.2) is 9.37 Å². The van der Waals surface area contributed by atoms with Crippen molar-refractivity contribution in [3.05, 3.63) is 86.8 Å². The molecule has 0 radical (unpaired) electrons. The minimum atomic E-state index is -0.691. The van der Waals surface area contributed by atoms with Crippen LogP contribution in [0.5, 0.6) is 5.75 Å². The van der Waals surface area contributed by atoms with Gasteiger partial charge in [-0.3, -0.25) is 4.79 Å². The van der Waals surface area contributed by atoms with Crippen LogP contribution in [0, 0.1) is 5.82 Å². The van der Waals surface area contributed by atoms with Crippen molar-refractivity contribution in [1.82, 2.24) is 9.88 Å². The molecule has 8 heteroatoms. The van der Waals surface area contributed by atoms with Crippen LogP contribution in [0.3, 0.4) is 0 Å². The summed E-state index contributed by atoms with van der Waals surface area (Å²) in [6.07, 6.45) is 0. The molecule has 2 aromatic carbocycles. The SMILES string of the molecule is COc1ccc(CN2C(=O)c3nc(N)cc(Cl)c3C2c2cc(F)ccc2Cl)cc1. The number of benzene rings is 2. The van der Waals surface area contributed by atoms with Crippen LogP contribution in [0.25, 0.3) is 0 Å². The minimum absolute atomic E-state index is 0.137. The zero-order valence-electron chi connectivity index (χ0n) is 15.3. The van der Waals surface area contributed by atoms with Gasteiger partial charge in [0.05, 0.1) is 18.2 Å². The smallest absolute Gasteiger partial charge is 0.274 e. The summed E-state index contributed by atoms with van der Waals surface area (Å²) < 4.78 is 19.2. The molecule has 5 nitrogen and oxygen atoms in total. The highest BCUT2D eigenvalue weighted by molar-refractivity contribution is 6.33. The number of hydrogen-bond donors (Lipinski definition) is 1. The molecule has 1 unspecified atom stereocenters. The lowest BCUT2D eigenvalue weighted by Gasteiger charge is -2.27. The van der Waals surface area contributed by atoms with Crippen LogP contribution in [0.1, 0.15) is 33.2 Å². The van der Waals surface area contributed by atoms with Gasteiger partial charge in [-0.1, -0.05) is 35.3 Å². The van der Waals surface area contributed by atoms with Crippen LogP contribution in [-0.4, -0.2) is 22.9 Å². The number of rotatable bonds is 4. The van der Waals surface area contributed by atoms with E-state index in [1.165, 1.54) is 24.3 Å². The monoisotopic (exact) mass is 431 g/mol. The van der Waals surface area contributed by atoms with Gasteiger partial charge in [0.2, 0.25) is 0 Å². The second kappa shape index (κ2) is 7.54. The number of ether oxygens (including phenoxy) is 1. The van der Waals surface area contributed by atoms with Gasteiger partial charge in [-0.15, -0.1) is 0 Å². The first-order valence-electron chi connectivity index (χ1n) is 8.74. The first-order valence-corrected chi connectivity index (χ1v) is 9.49. The number of carbonyl (C=O) groups is 1. The maximum absolute atomic E-state index is 14.0. The number of hydrogen-bond acceptors (Lipinski definition) is 4. The maximum Gasteiger partial charge on any atom is 0.274 e. The zero-order chi connectivity index (χ0) is 20.7. The van der Waals surface area contributed by atoms with Gasteiger partial charge in [0.15, 0.2) is 0 Å². The normalized spacial score (nSPS) is 15.5. The van der Waals surface area contributed by atoms with Crippen LogP contribution >= 0.6 is 23.2 Å². The topological polar surface area (TPSA) is 68.5 Å². The highest BCUT2D eigenvalue weighted by Gasteiger charge is 2.42. The Hall–Kier alpha value is -2.83. The fourth-order valence-corrected chi connectivity index (χ4v) is 4.04. The number of halogens is 3. The highest BCUT2D eigenvalue weighted by Crippen LogP contribution is 2.45. The maximum atomic E-state index is 14.0. The predicted molar refractivity (Wildman–Crippen MR) is 110 cm³/mol. The largest absolute Gasteiger partial charge is 0.497 e. The standard InChI is InChI=1S/C21H16Cl2FN3O2/c1-29-13-5-2-11(3-6-13)10-27-20(14-8-12(24)4-7-15(14)22)18-16(23)9-17(25)26-19(18)21(27)28/h2-9,20H,10H2,1H3,(H2,25,26). The summed E-state index contributed by atoms with van der Waals surface area (Å²) >= 11 is 12.8. The number of pyridine rings is 1. The third-order valence-corrected chi connectivity index (χ3v) is 5.50. The van der Waals surface area contributed by atoms with Crippen LogP contribution in [0.2, 0.25) is 10.0 Å². The molecule has 3 aromatic rings. The number of carbonyl (C=O) groups excluding carboxylic acids is 1. The molecule has 4 rings (SSSR count). The molecular weight excluding hydrogens is 416 g/mol. The van der Waals surface area contributed by atoms with Gasteiger partial charge in [-0.05, 0) is 42.0 Å². The minimum Gasteiger partial charge on any atom is -0.497 e. The van der Waals surface area contributed by atoms with E-state index in [-0.39, 0.29) is 29.0 Å². The number of amides is 1. The van der Waals surface area contributed by atoms with Crippen molar-refractivity contribution in [2.24, 2.45) is 0 Å². The van der Waals surface area contributed by atoms with Crippen molar-refractivity contribution in [1.29, 1.82) is 0 Å². The Balaban J connectivity index is 1.85. The number of nitrogens with zero attached hydrogens (tertiary/aromatic N) is 2. The van der Waals surface area contributed by atoms with Gasteiger partial charge >= 0.3 is 0 Å². The van der Waals surface area contributed by atoms with Gasteiger partial charge in [0.1, 0.15) is 23.1 Å². The van der Waals surface area contributed by atoms with Crippen molar-refractivity contribution in [2.75, 3.05) is 12.8 Å². The molecule has 0 fully saturated rings. The van der Waals surface area contributed by atoms with E-state index < -0.39 is 11.9 Å². The van der Waals surface area contributed by atoms with Gasteiger partial charge in [-0.2, -0.15) is 0 Å². The summed E-state index contributed by atoms with van der Waals surface area (Å²) in [6, 6.07) is 12.1. The molecule has 0 aliphatic carbocycles. The van der Waals surface area contributed by atoms with Gasteiger partial charge in [0, 0.05) is 22.7 Å². The van der Waals surface area contributed by atoms with Crippen molar-refractivity contribution in [3.8, 4) is 5.75 Å². The molecule has 1 aromatic heterocycles. The molecule has 1 aliphatic heterocycles. The molecule has 148 valence electrons. The summed E-state index contributed by atoms with van der Waals surface area (Å²) in [5, 5.41) is 0.605. The first kappa shape index (κ1) is 19.5. The fourth-order valence-electron chi connectivity index (χ4n) is 3.51. The van der Waals surface area contributed by atoms with E-state index >= 15 is 0 Å². The Morgan fingerprint density at radius 3 is 2.55 bits per heavy atom. The Morgan fingerprint density at radius 2 is 1.86 bits per heavy atom. The highest BCUT2D eigenvalue weighted by atomic mass is 35.5. The zero-order valence-corrected chi connectivity index (χ0v) is 16.8. The molecule has 0 bridgehead atoms. The van der Waals surface area contributed by atoms with Gasteiger partial charge in [0.25, 0.3) is 5.91 Å². The molecule has 1 atom stereocenters. The Kier molecular flexibility index (Phi) is 5.06. The number of anilines is 1. The Labute approximate surface area is 176 Å². The molecule has 0 saturated heterocycles. The van der Waals surface area contributed by atoms with Crippen LogP contribution in [0.4, 0.5) is 10.2 Å². The molecule has 1 aliphatic rings. The van der Waals surface area contributed by atoms with Crippen molar-refractivity contribution in [2.45, 2.75) is 12.6 Å². The second-order valence-electron chi connectivity index (χ2n) is 6.64. The lowest BCUT2D eigenvalue weighted by atomic mass is 9.99. The summed E-state index contributed by atoms with van der Waals surface area (Å²) in [5.41, 5.74) is 7.69. The molecule has 1 amide bonds. The Morgan fingerprint density at radius 1 is 1.14 bits per heavy atom. The third-order valence-electron chi connectivity index (χ3n) is 4.84. The molecule has 29 heavy (non-hydrogen) atoms. The number of nitrogen functional groups attached to an aromatic ring is 1. The van der Waals surface area contributed by atoms with Crippen LogP contribution in [-0.2, 0) is 6.54 Å². The number of methoxy groups -OCH3 is 1. The molecule has 0 spiro atoms. The summed E-state index contributed by atoms with van der Waals surface area (Å²) in [6.45, 7) is 0.243. The second-order valence-corrected chi connectivity index (χ2v) is 7.46. The van der Waals surface area contributed by atoms with E-state index in [9.17, 15) is 9.18 Å². The van der Waals surface area contributed by atoms with E-state index in [1.807, 2.05) is 12.1 Å². The number of nitrogens with two attached hydrogens (primary N) is 1. The summed E-state index contributed by atoms with van der Waals surface area (Å²) in [4.78, 5) is 18.9. The number of aromatic nitrogens is 1. The summed E-state index contributed by atoms with van der Waals surface area (Å²) in [5.74, 6) is 0.0223. The third kappa shape index (κ3) is 3.50. The first-order chi connectivity index (χ1) is 13.9. The Bertz CT molecular complexity index is 1110. The van der Waals surface area contributed by atoms with E-state index in [0.717, 1.165) is 5.56 Å². The average molecular weight is 432 g/mol. The van der Waals surface area contributed by atoms with Crippen molar-refractivity contribution in [3.63, 3.8) is 0 Å². The van der Waals surface area contributed by atoms with Crippen molar-refractivity contribution >= 4 is 34.9 Å².